The summed E-state index contributed by atoms with van der Waals surface area (Å²) in [5, 5.41) is 0. The Kier molecular flexibility index (Phi) is 4.54. The van der Waals surface area contributed by atoms with Gasteiger partial charge in [0, 0.05) is 6.42 Å². The fourth-order valence-electron chi connectivity index (χ4n) is 1.43. The lowest BCUT2D eigenvalue weighted by molar-refractivity contribution is -0.243. The summed E-state index contributed by atoms with van der Waals surface area (Å²) >= 11 is 0. The summed E-state index contributed by atoms with van der Waals surface area (Å²) in [6.45, 7) is 1.25. The average molecular weight is 245 g/mol. The first-order valence-corrected chi connectivity index (χ1v) is 5.36. The topological polar surface area (TPSA) is 20.3 Å². The lowest BCUT2D eigenvalue weighted by Crippen LogP contribution is -2.42. The normalized spacial score (nSPS) is 11.3. The van der Waals surface area contributed by atoms with Crippen LogP contribution >= 0.6 is 0 Å². The van der Waals surface area contributed by atoms with E-state index in [1.54, 1.807) is 37.3 Å². The molecule has 0 radical (unpaired) electrons. The summed E-state index contributed by atoms with van der Waals surface area (Å²) in [7, 11) is 0. The Morgan fingerprint density at radius 2 is 1.82 bits per heavy atom. The van der Waals surface area contributed by atoms with Crippen molar-refractivity contribution in [2.75, 3.05) is 0 Å². The van der Waals surface area contributed by atoms with Gasteiger partial charge in [-0.1, -0.05) is 37.3 Å². The maximum atomic E-state index is 12.7. The first-order chi connectivity index (χ1) is 7.95. The molecule has 1 amide bonds. The Morgan fingerprint density at radius 1 is 1.24 bits per heavy atom. The van der Waals surface area contributed by atoms with E-state index in [1.807, 2.05) is 0 Å². The molecule has 17 heavy (non-hydrogen) atoms. The fourth-order valence-corrected chi connectivity index (χ4v) is 1.43. The van der Waals surface area contributed by atoms with Crippen LogP contribution in [-0.4, -0.2) is 17.1 Å². The van der Waals surface area contributed by atoms with E-state index < -0.39 is 18.8 Å². The van der Waals surface area contributed by atoms with Crippen molar-refractivity contribution in [2.24, 2.45) is 0 Å². The van der Waals surface area contributed by atoms with Gasteiger partial charge in [-0.3, -0.25) is 4.79 Å². The molecule has 0 unspecified atom stereocenters. The Balaban J connectivity index is 2.82. The summed E-state index contributed by atoms with van der Waals surface area (Å²) in [6.07, 6.45) is -4.31. The van der Waals surface area contributed by atoms with E-state index in [-0.39, 0.29) is 11.3 Å². The second kappa shape index (κ2) is 5.70. The van der Waals surface area contributed by atoms with Gasteiger partial charge < -0.3 is 0 Å². The summed E-state index contributed by atoms with van der Waals surface area (Å²) < 4.78 is 38.1. The molecule has 0 saturated heterocycles. The number of rotatable bonds is 4. The number of alkyl halides is 3. The lowest BCUT2D eigenvalue weighted by atomic mass is 10.2. The molecule has 0 heterocycles. The second-order valence-electron chi connectivity index (χ2n) is 3.68. The highest BCUT2D eigenvalue weighted by molar-refractivity contribution is 5.76. The first-order valence-electron chi connectivity index (χ1n) is 5.36. The molecular weight excluding hydrogens is 231 g/mol. The molecule has 94 valence electrons. The summed E-state index contributed by atoms with van der Waals surface area (Å²) in [5.74, 6) is -0.885. The lowest BCUT2D eigenvalue weighted by Gasteiger charge is -2.25. The van der Waals surface area contributed by atoms with Gasteiger partial charge >= 0.3 is 6.30 Å². The van der Waals surface area contributed by atoms with Crippen molar-refractivity contribution in [3.8, 4) is 0 Å². The minimum Gasteiger partial charge on any atom is -0.275 e. The van der Waals surface area contributed by atoms with Gasteiger partial charge in [0.25, 0.3) is 0 Å². The molecule has 1 rings (SSSR count). The summed E-state index contributed by atoms with van der Waals surface area (Å²) in [5.41, 5.74) is 0.467. The molecule has 0 aliphatic carbocycles. The number of carbonyl (C=O) groups is 1. The molecule has 0 spiro atoms. The van der Waals surface area contributed by atoms with Gasteiger partial charge in [-0.05, 0) is 12.0 Å². The van der Waals surface area contributed by atoms with Gasteiger partial charge in [0.15, 0.2) is 0 Å². The van der Waals surface area contributed by atoms with E-state index in [4.69, 9.17) is 0 Å². The molecule has 0 bridgehead atoms. The predicted octanol–water partition coefficient (Wildman–Crippen LogP) is 3.34. The van der Waals surface area contributed by atoms with Crippen molar-refractivity contribution in [3.63, 3.8) is 0 Å². The van der Waals surface area contributed by atoms with Crippen molar-refractivity contribution < 1.29 is 18.0 Å². The van der Waals surface area contributed by atoms with Crippen molar-refractivity contribution in [3.05, 3.63) is 35.9 Å². The third kappa shape index (κ3) is 4.09. The molecule has 2 nitrogen and oxygen atoms in total. The molecule has 1 aromatic carbocycles. The highest BCUT2D eigenvalue weighted by Crippen LogP contribution is 2.24. The maximum Gasteiger partial charge on any atom is 0.487 e. The monoisotopic (exact) mass is 245 g/mol. The zero-order valence-electron chi connectivity index (χ0n) is 9.50. The summed E-state index contributed by atoms with van der Waals surface area (Å²) in [4.78, 5) is 11.4. The van der Waals surface area contributed by atoms with Crippen molar-refractivity contribution in [2.45, 2.75) is 32.6 Å². The van der Waals surface area contributed by atoms with E-state index in [0.717, 1.165) is 0 Å². The second-order valence-corrected chi connectivity index (χ2v) is 3.68. The predicted molar refractivity (Wildman–Crippen MR) is 58.0 cm³/mol. The zero-order valence-corrected chi connectivity index (χ0v) is 9.50. The SMILES string of the molecule is CCCC(=O)N(Cc1ccccc1)C(F)(F)F. The van der Waals surface area contributed by atoms with Gasteiger partial charge in [-0.2, -0.15) is 0 Å². The standard InChI is InChI=1S/C12H14F3NO/c1-2-6-11(17)16(12(13,14)15)9-10-7-4-3-5-8-10/h3-5,7-8H,2,6,9H2,1H3. The highest BCUT2D eigenvalue weighted by Gasteiger charge is 2.40. The largest absolute Gasteiger partial charge is 0.487 e. The average Bonchev–Trinajstić information content (AvgIpc) is 2.26. The van der Waals surface area contributed by atoms with E-state index >= 15 is 0 Å². The van der Waals surface area contributed by atoms with Crippen LogP contribution in [0.1, 0.15) is 25.3 Å². The van der Waals surface area contributed by atoms with E-state index in [9.17, 15) is 18.0 Å². The van der Waals surface area contributed by atoms with Crippen LogP contribution in [0, 0.1) is 0 Å². The summed E-state index contributed by atoms with van der Waals surface area (Å²) in [6, 6.07) is 8.15. The Hall–Kier alpha value is -1.52. The Morgan fingerprint density at radius 3 is 2.29 bits per heavy atom. The van der Waals surface area contributed by atoms with Crippen molar-refractivity contribution in [1.29, 1.82) is 0 Å². The van der Waals surface area contributed by atoms with E-state index in [1.165, 1.54) is 0 Å². The first kappa shape index (κ1) is 13.5. The molecule has 5 heteroatoms. The number of hydrogen-bond donors (Lipinski definition) is 0. The number of benzene rings is 1. The third-order valence-corrected chi connectivity index (χ3v) is 2.25. The van der Waals surface area contributed by atoms with Crippen molar-refractivity contribution >= 4 is 5.91 Å². The molecular formula is C12H14F3NO. The van der Waals surface area contributed by atoms with Crippen LogP contribution in [-0.2, 0) is 11.3 Å². The number of carbonyl (C=O) groups excluding carboxylic acids is 1. The van der Waals surface area contributed by atoms with Crippen LogP contribution in [0.2, 0.25) is 0 Å². The van der Waals surface area contributed by atoms with Crippen LogP contribution in [0.25, 0.3) is 0 Å². The minimum atomic E-state index is -4.62. The van der Waals surface area contributed by atoms with Gasteiger partial charge in [0.1, 0.15) is 0 Å². The van der Waals surface area contributed by atoms with Crippen LogP contribution in [0.15, 0.2) is 30.3 Å². The number of hydrogen-bond acceptors (Lipinski definition) is 1. The third-order valence-electron chi connectivity index (χ3n) is 2.25. The number of halogens is 3. The quantitative estimate of drug-likeness (QED) is 0.745. The smallest absolute Gasteiger partial charge is 0.275 e. The molecule has 0 aliphatic heterocycles. The Labute approximate surface area is 98.0 Å². The molecule has 0 aromatic heterocycles. The van der Waals surface area contributed by atoms with Crippen LogP contribution in [0.4, 0.5) is 13.2 Å². The molecule has 0 aliphatic rings. The minimum absolute atomic E-state index is 0.0359. The molecule has 0 N–H and O–H groups in total. The molecule has 0 atom stereocenters. The van der Waals surface area contributed by atoms with Gasteiger partial charge in [-0.25, -0.2) is 4.90 Å². The van der Waals surface area contributed by atoms with E-state index in [2.05, 4.69) is 0 Å². The van der Waals surface area contributed by atoms with Gasteiger partial charge in [-0.15, -0.1) is 13.2 Å². The zero-order chi connectivity index (χ0) is 12.9. The fraction of sp³-hybridized carbons (Fsp3) is 0.417. The highest BCUT2D eigenvalue weighted by atomic mass is 19.4. The van der Waals surface area contributed by atoms with Gasteiger partial charge in [0.05, 0.1) is 6.54 Å². The Bertz CT molecular complexity index is 362. The van der Waals surface area contributed by atoms with Crippen LogP contribution < -0.4 is 0 Å². The molecule has 1 aromatic rings. The van der Waals surface area contributed by atoms with E-state index in [0.29, 0.717) is 12.0 Å². The van der Waals surface area contributed by atoms with Crippen molar-refractivity contribution in [1.82, 2.24) is 4.90 Å². The molecule has 0 saturated carbocycles. The maximum absolute atomic E-state index is 12.7. The van der Waals surface area contributed by atoms with Crippen LogP contribution in [0.3, 0.4) is 0 Å². The number of nitrogens with zero attached hydrogens (tertiary/aromatic N) is 1. The molecule has 0 fully saturated rings. The van der Waals surface area contributed by atoms with Gasteiger partial charge in [0.2, 0.25) is 5.91 Å². The number of amides is 1. The van der Waals surface area contributed by atoms with Crippen LogP contribution in [0.5, 0.6) is 0 Å².